The minimum absolute atomic E-state index is 0.0697. The molecule has 0 aliphatic carbocycles. The number of tetrazole rings is 1. The highest BCUT2D eigenvalue weighted by Gasteiger charge is 2.49. The van der Waals surface area contributed by atoms with Crippen LogP contribution in [0.2, 0.25) is 0 Å². The van der Waals surface area contributed by atoms with Crippen molar-refractivity contribution in [1.82, 2.24) is 35.4 Å². The lowest BCUT2D eigenvalue weighted by Gasteiger charge is -2.22. The second-order valence-corrected chi connectivity index (χ2v) is 7.24. The third-order valence-corrected chi connectivity index (χ3v) is 5.22. The van der Waals surface area contributed by atoms with Crippen LogP contribution in [0.4, 0.5) is 4.79 Å². The van der Waals surface area contributed by atoms with Gasteiger partial charge in [0.15, 0.2) is 5.76 Å². The Morgan fingerprint density at radius 3 is 2.71 bits per heavy atom. The van der Waals surface area contributed by atoms with E-state index in [1.807, 2.05) is 30.3 Å². The van der Waals surface area contributed by atoms with Gasteiger partial charge in [-0.25, -0.2) is 14.5 Å². The van der Waals surface area contributed by atoms with E-state index >= 15 is 0 Å². The first-order valence-corrected chi connectivity index (χ1v) is 9.53. The Morgan fingerprint density at radius 1 is 1.10 bits per heavy atom. The molecule has 2 aromatic carbocycles. The van der Waals surface area contributed by atoms with Crippen LogP contribution < -0.4 is 5.32 Å². The Kier molecular flexibility index (Phi) is 4.32. The van der Waals surface area contributed by atoms with E-state index in [-0.39, 0.29) is 12.4 Å². The van der Waals surface area contributed by atoms with Gasteiger partial charge in [-0.1, -0.05) is 42.5 Å². The van der Waals surface area contributed by atoms with Gasteiger partial charge < -0.3 is 9.73 Å². The monoisotopic (exact) mass is 415 g/mol. The molecule has 10 nitrogen and oxygen atoms in total. The third kappa shape index (κ3) is 3.23. The summed E-state index contributed by atoms with van der Waals surface area (Å²) in [7, 11) is 0. The van der Waals surface area contributed by atoms with Gasteiger partial charge in [0.25, 0.3) is 5.91 Å². The average molecular weight is 415 g/mol. The fourth-order valence-electron chi connectivity index (χ4n) is 3.53. The number of benzene rings is 2. The van der Waals surface area contributed by atoms with Gasteiger partial charge in [-0.05, 0) is 35.0 Å². The average Bonchev–Trinajstić information content (AvgIpc) is 3.53. The maximum atomic E-state index is 13.2. The van der Waals surface area contributed by atoms with Gasteiger partial charge in [-0.15, -0.1) is 5.10 Å². The van der Waals surface area contributed by atoms with Crippen LogP contribution in [0.25, 0.3) is 17.0 Å². The Hall–Kier alpha value is -4.34. The Balaban J connectivity index is 1.40. The van der Waals surface area contributed by atoms with Gasteiger partial charge in [0, 0.05) is 5.56 Å². The lowest BCUT2D eigenvalue weighted by molar-refractivity contribution is -0.131. The molecule has 1 aliphatic rings. The minimum atomic E-state index is -1.24. The van der Waals surface area contributed by atoms with Crippen molar-refractivity contribution in [2.45, 2.75) is 19.0 Å². The highest BCUT2D eigenvalue weighted by Crippen LogP contribution is 2.31. The van der Waals surface area contributed by atoms with Gasteiger partial charge in [0.05, 0.1) is 11.9 Å². The van der Waals surface area contributed by atoms with E-state index in [4.69, 9.17) is 4.42 Å². The number of amides is 3. The van der Waals surface area contributed by atoms with Crippen LogP contribution in [0, 0.1) is 0 Å². The predicted molar refractivity (Wildman–Crippen MR) is 108 cm³/mol. The summed E-state index contributed by atoms with van der Waals surface area (Å²) in [6, 6.07) is 16.1. The summed E-state index contributed by atoms with van der Waals surface area (Å²) in [6.45, 7) is 1.59. The molecule has 1 N–H and O–H groups in total. The number of hydrogen-bond acceptors (Lipinski definition) is 7. The van der Waals surface area contributed by atoms with Crippen molar-refractivity contribution in [2.75, 3.05) is 0 Å². The zero-order chi connectivity index (χ0) is 21.4. The molecule has 5 rings (SSSR count). The lowest BCUT2D eigenvalue weighted by Crippen LogP contribution is -2.40. The molecule has 4 aromatic rings. The molecule has 0 radical (unpaired) electrons. The van der Waals surface area contributed by atoms with Crippen molar-refractivity contribution >= 4 is 11.9 Å². The molecule has 0 bridgehead atoms. The topological polar surface area (TPSA) is 119 Å². The molecule has 3 amide bonds. The fraction of sp³-hybridized carbons (Fsp3) is 0.143. The molecule has 0 spiro atoms. The SMILES string of the molecule is C[C@]1(c2cccc(-n3cnnn3)c2)NC(=O)N(Cc2ncc(-c3ccccc3)o2)C1=O. The van der Waals surface area contributed by atoms with E-state index in [1.54, 1.807) is 37.4 Å². The number of nitrogens with zero attached hydrogens (tertiary/aromatic N) is 6. The molecular formula is C21H17N7O3. The van der Waals surface area contributed by atoms with E-state index in [0.717, 1.165) is 10.5 Å². The number of rotatable bonds is 5. The van der Waals surface area contributed by atoms with Crippen molar-refractivity contribution in [3.05, 3.63) is 78.6 Å². The van der Waals surface area contributed by atoms with E-state index in [9.17, 15) is 9.59 Å². The van der Waals surface area contributed by atoms with Crippen LogP contribution in [-0.4, -0.2) is 42.0 Å². The number of aromatic nitrogens is 5. The van der Waals surface area contributed by atoms with E-state index in [0.29, 0.717) is 17.0 Å². The summed E-state index contributed by atoms with van der Waals surface area (Å²) >= 11 is 0. The first-order chi connectivity index (χ1) is 15.0. The number of imide groups is 1. The second kappa shape index (κ2) is 7.17. The summed E-state index contributed by atoms with van der Waals surface area (Å²) in [4.78, 5) is 31.2. The van der Waals surface area contributed by atoms with Crippen molar-refractivity contribution in [2.24, 2.45) is 0 Å². The molecule has 3 heterocycles. The molecule has 2 aromatic heterocycles. The van der Waals surface area contributed by atoms with E-state index in [1.165, 1.54) is 11.0 Å². The van der Waals surface area contributed by atoms with Gasteiger partial charge in [-0.3, -0.25) is 9.69 Å². The highest BCUT2D eigenvalue weighted by atomic mass is 16.4. The third-order valence-electron chi connectivity index (χ3n) is 5.22. The first kappa shape index (κ1) is 18.7. The number of carbonyl (C=O) groups excluding carboxylic acids is 2. The Labute approximate surface area is 176 Å². The number of nitrogens with one attached hydrogen (secondary N) is 1. The summed E-state index contributed by atoms with van der Waals surface area (Å²) in [5, 5.41) is 13.9. The van der Waals surface area contributed by atoms with Gasteiger partial charge in [0.2, 0.25) is 5.89 Å². The molecule has 1 aliphatic heterocycles. The van der Waals surface area contributed by atoms with Gasteiger partial charge in [-0.2, -0.15) is 0 Å². The van der Waals surface area contributed by atoms with Crippen LogP contribution >= 0.6 is 0 Å². The lowest BCUT2D eigenvalue weighted by atomic mass is 9.91. The number of urea groups is 1. The van der Waals surface area contributed by atoms with Crippen LogP contribution in [0.1, 0.15) is 18.4 Å². The summed E-state index contributed by atoms with van der Waals surface area (Å²) < 4.78 is 7.24. The zero-order valence-corrected chi connectivity index (χ0v) is 16.5. The predicted octanol–water partition coefficient (Wildman–Crippen LogP) is 2.28. The highest BCUT2D eigenvalue weighted by molar-refractivity contribution is 6.07. The van der Waals surface area contributed by atoms with Crippen LogP contribution in [0.3, 0.4) is 0 Å². The summed E-state index contributed by atoms with van der Waals surface area (Å²) in [5.41, 5.74) is 0.904. The Bertz CT molecular complexity index is 1250. The van der Waals surface area contributed by atoms with Gasteiger partial charge >= 0.3 is 6.03 Å². The maximum Gasteiger partial charge on any atom is 0.325 e. The smallest absolute Gasteiger partial charge is 0.325 e. The molecule has 0 unspecified atom stereocenters. The van der Waals surface area contributed by atoms with E-state index < -0.39 is 17.5 Å². The molecule has 154 valence electrons. The zero-order valence-electron chi connectivity index (χ0n) is 16.5. The molecule has 10 heteroatoms. The van der Waals surface area contributed by atoms with Crippen LogP contribution in [0.15, 0.2) is 71.5 Å². The van der Waals surface area contributed by atoms with Crippen LogP contribution in [-0.2, 0) is 16.9 Å². The fourth-order valence-corrected chi connectivity index (χ4v) is 3.53. The molecule has 0 saturated carbocycles. The normalized spacial score (nSPS) is 18.4. The molecule has 31 heavy (non-hydrogen) atoms. The Morgan fingerprint density at radius 2 is 1.94 bits per heavy atom. The van der Waals surface area contributed by atoms with Gasteiger partial charge in [0.1, 0.15) is 18.4 Å². The van der Waals surface area contributed by atoms with Crippen LogP contribution in [0.5, 0.6) is 0 Å². The number of hydrogen-bond donors (Lipinski definition) is 1. The summed E-state index contributed by atoms with van der Waals surface area (Å²) in [5.74, 6) is 0.444. The molecule has 1 saturated heterocycles. The summed E-state index contributed by atoms with van der Waals surface area (Å²) in [6.07, 6.45) is 3.04. The quantitative estimate of drug-likeness (QED) is 0.497. The maximum absolute atomic E-state index is 13.2. The minimum Gasteiger partial charge on any atom is -0.439 e. The van der Waals surface area contributed by atoms with E-state index in [2.05, 4.69) is 25.8 Å². The van der Waals surface area contributed by atoms with Crippen molar-refractivity contribution in [1.29, 1.82) is 0 Å². The molecular weight excluding hydrogens is 398 g/mol. The second-order valence-electron chi connectivity index (χ2n) is 7.24. The first-order valence-electron chi connectivity index (χ1n) is 9.53. The van der Waals surface area contributed by atoms with Crippen molar-refractivity contribution in [3.8, 4) is 17.0 Å². The molecule has 1 fully saturated rings. The van der Waals surface area contributed by atoms with Crippen molar-refractivity contribution < 1.29 is 14.0 Å². The number of oxazole rings is 1. The largest absolute Gasteiger partial charge is 0.439 e. The number of carbonyl (C=O) groups is 2. The standard InChI is InChI=1S/C21H17N7O3/c1-21(15-8-5-9-16(10-15)28-13-23-25-26-28)19(29)27(20(30)24-21)12-18-22-11-17(31-18)14-6-3-2-4-7-14/h2-11,13H,12H2,1H3,(H,24,30)/t21-/m1/s1. The van der Waals surface area contributed by atoms with Crippen molar-refractivity contribution in [3.63, 3.8) is 0 Å². The molecule has 1 atom stereocenters.